The standard InChI is InChI=1S/C15H19N3O2S/c1-21(19,20)17-12-7-10-18(11-8-12)15-6-9-16-14-5-3-2-4-13(14)15/h2-6,9,12,17H,7-8,10-11H2,1H3. The summed E-state index contributed by atoms with van der Waals surface area (Å²) < 4.78 is 25.3. The predicted octanol–water partition coefficient (Wildman–Crippen LogP) is 1.75. The quantitative estimate of drug-likeness (QED) is 0.938. The lowest BCUT2D eigenvalue weighted by Crippen LogP contribution is -2.44. The van der Waals surface area contributed by atoms with Crippen LogP contribution in [0.5, 0.6) is 0 Å². The second kappa shape index (κ2) is 5.61. The molecule has 1 saturated heterocycles. The molecule has 0 amide bonds. The van der Waals surface area contributed by atoms with Gasteiger partial charge >= 0.3 is 0 Å². The van der Waals surface area contributed by atoms with Crippen LogP contribution in [0.1, 0.15) is 12.8 Å². The van der Waals surface area contributed by atoms with Gasteiger partial charge in [-0.05, 0) is 25.0 Å². The summed E-state index contributed by atoms with van der Waals surface area (Å²) in [5.74, 6) is 0. The van der Waals surface area contributed by atoms with E-state index in [0.29, 0.717) is 0 Å². The highest BCUT2D eigenvalue weighted by Crippen LogP contribution is 2.27. The van der Waals surface area contributed by atoms with Gasteiger partial charge in [-0.2, -0.15) is 0 Å². The number of sulfonamides is 1. The SMILES string of the molecule is CS(=O)(=O)NC1CCN(c2ccnc3ccccc23)CC1. The summed E-state index contributed by atoms with van der Waals surface area (Å²) in [5.41, 5.74) is 2.17. The number of hydrogen-bond acceptors (Lipinski definition) is 4. The van der Waals surface area contributed by atoms with Crippen molar-refractivity contribution in [2.45, 2.75) is 18.9 Å². The van der Waals surface area contributed by atoms with E-state index < -0.39 is 10.0 Å². The van der Waals surface area contributed by atoms with Gasteiger partial charge in [0.1, 0.15) is 0 Å². The lowest BCUT2D eigenvalue weighted by Gasteiger charge is -2.34. The molecular weight excluding hydrogens is 286 g/mol. The average Bonchev–Trinajstić information content (AvgIpc) is 2.46. The zero-order chi connectivity index (χ0) is 14.9. The molecule has 0 bridgehead atoms. The Labute approximate surface area is 125 Å². The van der Waals surface area contributed by atoms with Crippen LogP contribution in [-0.2, 0) is 10.0 Å². The van der Waals surface area contributed by atoms with Gasteiger partial charge in [0, 0.05) is 36.4 Å². The molecule has 1 aromatic heterocycles. The average molecular weight is 305 g/mol. The van der Waals surface area contributed by atoms with Gasteiger partial charge < -0.3 is 4.90 Å². The summed E-state index contributed by atoms with van der Waals surface area (Å²) in [6, 6.07) is 10.2. The van der Waals surface area contributed by atoms with E-state index in [-0.39, 0.29) is 6.04 Å². The van der Waals surface area contributed by atoms with Crippen molar-refractivity contribution in [2.75, 3.05) is 24.2 Å². The summed E-state index contributed by atoms with van der Waals surface area (Å²) in [5, 5.41) is 1.15. The molecule has 0 unspecified atom stereocenters. The van der Waals surface area contributed by atoms with Crippen LogP contribution in [0.4, 0.5) is 5.69 Å². The molecule has 3 rings (SSSR count). The van der Waals surface area contributed by atoms with E-state index in [9.17, 15) is 8.42 Å². The molecule has 1 N–H and O–H groups in total. The third-order valence-corrected chi connectivity index (χ3v) is 4.60. The van der Waals surface area contributed by atoms with Crippen molar-refractivity contribution in [3.05, 3.63) is 36.5 Å². The summed E-state index contributed by atoms with van der Waals surface area (Å²) in [7, 11) is -3.12. The molecule has 1 fully saturated rings. The number of rotatable bonds is 3. The fourth-order valence-electron chi connectivity index (χ4n) is 2.90. The molecule has 0 atom stereocenters. The molecule has 0 radical (unpaired) electrons. The number of piperidine rings is 1. The minimum absolute atomic E-state index is 0.0457. The van der Waals surface area contributed by atoms with Crippen molar-refractivity contribution in [3.8, 4) is 0 Å². The second-order valence-corrected chi connectivity index (χ2v) is 7.28. The van der Waals surface area contributed by atoms with Crippen molar-refractivity contribution < 1.29 is 8.42 Å². The molecule has 0 saturated carbocycles. The van der Waals surface area contributed by atoms with Crippen molar-refractivity contribution >= 4 is 26.6 Å². The zero-order valence-electron chi connectivity index (χ0n) is 12.0. The Morgan fingerprint density at radius 3 is 2.62 bits per heavy atom. The Hall–Kier alpha value is -1.66. The molecule has 0 aliphatic carbocycles. The fraction of sp³-hybridized carbons (Fsp3) is 0.400. The molecule has 2 aromatic rings. The highest BCUT2D eigenvalue weighted by molar-refractivity contribution is 7.88. The number of para-hydroxylation sites is 1. The van der Waals surface area contributed by atoms with Gasteiger partial charge in [0.15, 0.2) is 0 Å². The number of hydrogen-bond donors (Lipinski definition) is 1. The lowest BCUT2D eigenvalue weighted by atomic mass is 10.0. The van der Waals surface area contributed by atoms with E-state index in [2.05, 4.69) is 20.7 Å². The minimum atomic E-state index is -3.12. The summed E-state index contributed by atoms with van der Waals surface area (Å²) in [4.78, 5) is 6.69. The van der Waals surface area contributed by atoms with Crippen LogP contribution in [0.2, 0.25) is 0 Å². The first-order valence-electron chi connectivity index (χ1n) is 7.09. The Bertz CT molecular complexity index is 732. The molecular formula is C15H19N3O2S. The molecule has 1 aromatic carbocycles. The molecule has 0 spiro atoms. The smallest absolute Gasteiger partial charge is 0.208 e. The first-order chi connectivity index (χ1) is 10.0. The number of benzene rings is 1. The molecule has 1 aliphatic heterocycles. The van der Waals surface area contributed by atoms with E-state index in [1.54, 1.807) is 0 Å². The van der Waals surface area contributed by atoms with Crippen LogP contribution < -0.4 is 9.62 Å². The van der Waals surface area contributed by atoms with Crippen molar-refractivity contribution in [1.29, 1.82) is 0 Å². The van der Waals surface area contributed by atoms with Crippen LogP contribution in [0.3, 0.4) is 0 Å². The summed E-state index contributed by atoms with van der Waals surface area (Å²) in [6.45, 7) is 1.70. The van der Waals surface area contributed by atoms with Crippen LogP contribution in [0.25, 0.3) is 10.9 Å². The third-order valence-electron chi connectivity index (χ3n) is 3.84. The summed E-state index contributed by atoms with van der Waals surface area (Å²) in [6.07, 6.45) is 4.70. The van der Waals surface area contributed by atoms with Gasteiger partial charge in [-0.1, -0.05) is 18.2 Å². The van der Waals surface area contributed by atoms with Crippen LogP contribution >= 0.6 is 0 Å². The number of fused-ring (bicyclic) bond motifs is 1. The molecule has 21 heavy (non-hydrogen) atoms. The van der Waals surface area contributed by atoms with Crippen LogP contribution in [0, 0.1) is 0 Å². The van der Waals surface area contributed by atoms with E-state index in [1.165, 1.54) is 11.9 Å². The van der Waals surface area contributed by atoms with Gasteiger partial charge in [0.05, 0.1) is 11.8 Å². The first-order valence-corrected chi connectivity index (χ1v) is 8.98. The minimum Gasteiger partial charge on any atom is -0.371 e. The normalized spacial score (nSPS) is 17.3. The molecule has 6 heteroatoms. The number of aromatic nitrogens is 1. The van der Waals surface area contributed by atoms with Crippen molar-refractivity contribution in [2.24, 2.45) is 0 Å². The molecule has 5 nitrogen and oxygen atoms in total. The third kappa shape index (κ3) is 3.33. The van der Waals surface area contributed by atoms with Crippen LogP contribution in [0.15, 0.2) is 36.5 Å². The highest BCUT2D eigenvalue weighted by atomic mass is 32.2. The highest BCUT2D eigenvalue weighted by Gasteiger charge is 2.22. The van der Waals surface area contributed by atoms with E-state index in [0.717, 1.165) is 36.8 Å². The number of nitrogens with zero attached hydrogens (tertiary/aromatic N) is 2. The monoisotopic (exact) mass is 305 g/mol. The zero-order valence-corrected chi connectivity index (χ0v) is 12.8. The van der Waals surface area contributed by atoms with Crippen molar-refractivity contribution in [3.63, 3.8) is 0 Å². The predicted molar refractivity (Wildman–Crippen MR) is 85.0 cm³/mol. The van der Waals surface area contributed by atoms with E-state index in [1.807, 2.05) is 30.5 Å². The van der Waals surface area contributed by atoms with Gasteiger partial charge in [-0.25, -0.2) is 13.1 Å². The van der Waals surface area contributed by atoms with Gasteiger partial charge in [-0.3, -0.25) is 4.98 Å². The topological polar surface area (TPSA) is 62.3 Å². The van der Waals surface area contributed by atoms with Gasteiger partial charge in [0.25, 0.3) is 0 Å². The Morgan fingerprint density at radius 1 is 1.19 bits per heavy atom. The molecule has 2 heterocycles. The summed E-state index contributed by atoms with van der Waals surface area (Å²) >= 11 is 0. The van der Waals surface area contributed by atoms with E-state index in [4.69, 9.17) is 0 Å². The van der Waals surface area contributed by atoms with E-state index >= 15 is 0 Å². The van der Waals surface area contributed by atoms with Gasteiger partial charge in [-0.15, -0.1) is 0 Å². The largest absolute Gasteiger partial charge is 0.371 e. The molecule has 112 valence electrons. The van der Waals surface area contributed by atoms with Crippen LogP contribution in [-0.4, -0.2) is 38.8 Å². The fourth-order valence-corrected chi connectivity index (χ4v) is 3.74. The Kier molecular flexibility index (Phi) is 3.82. The first kappa shape index (κ1) is 14.3. The molecule has 1 aliphatic rings. The second-order valence-electron chi connectivity index (χ2n) is 5.50. The number of anilines is 1. The maximum Gasteiger partial charge on any atom is 0.208 e. The number of pyridine rings is 1. The lowest BCUT2D eigenvalue weighted by molar-refractivity contribution is 0.462. The maximum absolute atomic E-state index is 11.3. The Morgan fingerprint density at radius 2 is 1.90 bits per heavy atom. The maximum atomic E-state index is 11.3. The number of nitrogens with one attached hydrogen (secondary N) is 1. The van der Waals surface area contributed by atoms with Crippen molar-refractivity contribution in [1.82, 2.24) is 9.71 Å². The Balaban J connectivity index is 1.77. The van der Waals surface area contributed by atoms with Gasteiger partial charge in [0.2, 0.25) is 10.0 Å².